The number of hydrogen-bond donors (Lipinski definition) is 2. The minimum absolute atomic E-state index is 0.283. The molecule has 0 aliphatic rings. The second-order valence-electron chi connectivity index (χ2n) is 5.02. The number of hydrogen-bond acceptors (Lipinski definition) is 2. The van der Waals surface area contributed by atoms with Gasteiger partial charge in [0.1, 0.15) is 6.54 Å². The molecular weight excluding hydrogens is 467 g/mol. The zero-order valence-corrected chi connectivity index (χ0v) is 12.6. The molecule has 0 bridgehead atoms. The van der Waals surface area contributed by atoms with Crippen LogP contribution in [-0.2, 0) is 9.59 Å². The van der Waals surface area contributed by atoms with E-state index in [1.54, 1.807) is 0 Å². The number of alkyl halides is 15. The van der Waals surface area contributed by atoms with Gasteiger partial charge in [0.2, 0.25) is 0 Å². The molecule has 0 aromatic rings. The number of carbonyl (C=O) groups is 2. The summed E-state index contributed by atoms with van der Waals surface area (Å²) in [5.74, 6) is -54.7. The summed E-state index contributed by atoms with van der Waals surface area (Å²) in [6, 6.07) is 0. The van der Waals surface area contributed by atoms with Gasteiger partial charge in [-0.15, -0.1) is 0 Å². The van der Waals surface area contributed by atoms with Crippen LogP contribution in [-0.4, -0.2) is 65.2 Å². The first-order valence-corrected chi connectivity index (χ1v) is 6.17. The van der Waals surface area contributed by atoms with Crippen LogP contribution in [0.15, 0.2) is 0 Å². The van der Waals surface area contributed by atoms with Crippen molar-refractivity contribution >= 4 is 11.9 Å². The Labute approximate surface area is 147 Å². The van der Waals surface area contributed by atoms with Crippen LogP contribution in [0.3, 0.4) is 0 Å². The lowest BCUT2D eigenvalue weighted by atomic mass is 9.91. The first kappa shape index (κ1) is 26.9. The molecule has 2 N–H and O–H groups in total. The summed E-state index contributed by atoms with van der Waals surface area (Å²) in [6.45, 7) is -2.02. The molecular formula is C10H4F15NO3. The maximum atomic E-state index is 13.2. The van der Waals surface area contributed by atoms with Crippen LogP contribution in [0.5, 0.6) is 0 Å². The number of rotatable bonds is 8. The molecule has 0 unspecified atom stereocenters. The predicted octanol–water partition coefficient (Wildman–Crippen LogP) is 3.56. The molecule has 172 valence electrons. The zero-order valence-electron chi connectivity index (χ0n) is 12.6. The fourth-order valence-electron chi connectivity index (χ4n) is 1.38. The van der Waals surface area contributed by atoms with E-state index in [4.69, 9.17) is 5.11 Å². The van der Waals surface area contributed by atoms with Crippen molar-refractivity contribution in [1.29, 1.82) is 0 Å². The largest absolute Gasteiger partial charge is 0.480 e. The summed E-state index contributed by atoms with van der Waals surface area (Å²) in [4.78, 5) is 20.7. The summed E-state index contributed by atoms with van der Waals surface area (Å²) in [7, 11) is 0. The molecule has 0 saturated heterocycles. The van der Waals surface area contributed by atoms with E-state index in [2.05, 4.69) is 0 Å². The molecule has 0 rings (SSSR count). The quantitative estimate of drug-likeness (QED) is 0.533. The van der Waals surface area contributed by atoms with Crippen LogP contribution in [0, 0.1) is 0 Å². The normalized spacial score (nSPS) is 15.3. The highest BCUT2D eigenvalue weighted by Gasteiger charge is 2.94. The van der Waals surface area contributed by atoms with Crippen molar-refractivity contribution in [2.24, 2.45) is 0 Å². The van der Waals surface area contributed by atoms with E-state index in [9.17, 15) is 75.4 Å². The molecule has 0 aliphatic carbocycles. The first-order valence-electron chi connectivity index (χ1n) is 6.17. The summed E-state index contributed by atoms with van der Waals surface area (Å²) in [6.07, 6.45) is -7.73. The highest BCUT2D eigenvalue weighted by atomic mass is 19.4. The van der Waals surface area contributed by atoms with Gasteiger partial charge in [0.25, 0.3) is 5.91 Å². The molecule has 0 aromatic carbocycles. The standard InChI is InChI=1S/C10H4F15NO3/c11-4(12,3(29)26-1-2(27)28)5(13,14)6(15,16)7(17,18)8(19,20)9(21,22)10(23,24)25/h1H2,(H,26,29)(H,27,28). The number of aliphatic carboxylic acids is 1. The van der Waals surface area contributed by atoms with Crippen molar-refractivity contribution < 1.29 is 80.6 Å². The lowest BCUT2D eigenvalue weighted by Crippen LogP contribution is -2.74. The third-order valence-electron chi connectivity index (χ3n) is 3.01. The molecule has 0 heterocycles. The van der Waals surface area contributed by atoms with Gasteiger partial charge in [-0.2, -0.15) is 65.9 Å². The maximum absolute atomic E-state index is 13.2. The Morgan fingerprint density at radius 1 is 0.586 bits per heavy atom. The number of carbonyl (C=O) groups excluding carboxylic acids is 1. The Morgan fingerprint density at radius 2 is 0.897 bits per heavy atom. The second-order valence-corrected chi connectivity index (χ2v) is 5.02. The van der Waals surface area contributed by atoms with Gasteiger partial charge in [-0.1, -0.05) is 0 Å². The van der Waals surface area contributed by atoms with Crippen molar-refractivity contribution in [2.45, 2.75) is 41.7 Å². The van der Waals surface area contributed by atoms with E-state index in [-0.39, 0.29) is 5.32 Å². The minimum Gasteiger partial charge on any atom is -0.480 e. The van der Waals surface area contributed by atoms with Crippen LogP contribution in [0.2, 0.25) is 0 Å². The Morgan fingerprint density at radius 3 is 1.21 bits per heavy atom. The van der Waals surface area contributed by atoms with Crippen LogP contribution in [0.1, 0.15) is 0 Å². The van der Waals surface area contributed by atoms with Crippen molar-refractivity contribution in [3.63, 3.8) is 0 Å². The zero-order chi connectivity index (χ0) is 24.1. The van der Waals surface area contributed by atoms with Crippen molar-refractivity contribution in [1.82, 2.24) is 5.32 Å². The Bertz CT molecular complexity index is 653. The van der Waals surface area contributed by atoms with Crippen LogP contribution in [0.25, 0.3) is 0 Å². The van der Waals surface area contributed by atoms with Gasteiger partial charge in [0, 0.05) is 0 Å². The Hall–Kier alpha value is -2.11. The molecule has 0 atom stereocenters. The lowest BCUT2D eigenvalue weighted by molar-refractivity contribution is -0.449. The lowest BCUT2D eigenvalue weighted by Gasteiger charge is -2.41. The molecule has 0 spiro atoms. The summed E-state index contributed by atoms with van der Waals surface area (Å²) >= 11 is 0. The van der Waals surface area contributed by atoms with E-state index in [1.165, 1.54) is 0 Å². The van der Waals surface area contributed by atoms with Crippen LogP contribution >= 0.6 is 0 Å². The molecule has 19 heteroatoms. The van der Waals surface area contributed by atoms with Gasteiger partial charge >= 0.3 is 47.7 Å². The number of amides is 1. The molecule has 0 radical (unpaired) electrons. The highest BCUT2D eigenvalue weighted by Crippen LogP contribution is 2.62. The van der Waals surface area contributed by atoms with Gasteiger partial charge < -0.3 is 10.4 Å². The monoisotopic (exact) mass is 471 g/mol. The molecule has 0 aromatic heterocycles. The third kappa shape index (κ3) is 3.74. The molecule has 4 nitrogen and oxygen atoms in total. The van der Waals surface area contributed by atoms with Crippen molar-refractivity contribution in [2.75, 3.05) is 6.54 Å². The van der Waals surface area contributed by atoms with E-state index in [1.807, 2.05) is 0 Å². The van der Waals surface area contributed by atoms with Crippen molar-refractivity contribution in [3.05, 3.63) is 0 Å². The van der Waals surface area contributed by atoms with E-state index in [0.29, 0.717) is 0 Å². The third-order valence-corrected chi connectivity index (χ3v) is 3.01. The summed E-state index contributed by atoms with van der Waals surface area (Å²) < 4.78 is 192. The fraction of sp³-hybridized carbons (Fsp3) is 0.800. The average molecular weight is 471 g/mol. The van der Waals surface area contributed by atoms with E-state index in [0.717, 1.165) is 0 Å². The van der Waals surface area contributed by atoms with Gasteiger partial charge in [0.05, 0.1) is 0 Å². The SMILES string of the molecule is O=C(O)CNC(=O)C(F)(F)C(F)(F)C(F)(F)C(F)(F)C(F)(F)C(F)(F)C(F)(F)F. The summed E-state index contributed by atoms with van der Waals surface area (Å²) in [5, 5.41) is 8.27. The van der Waals surface area contributed by atoms with Gasteiger partial charge in [-0.3, -0.25) is 9.59 Å². The fourth-order valence-corrected chi connectivity index (χ4v) is 1.38. The molecule has 0 fully saturated rings. The van der Waals surface area contributed by atoms with Crippen LogP contribution in [0.4, 0.5) is 65.9 Å². The van der Waals surface area contributed by atoms with E-state index < -0.39 is 60.1 Å². The van der Waals surface area contributed by atoms with Gasteiger partial charge in [0.15, 0.2) is 0 Å². The van der Waals surface area contributed by atoms with E-state index >= 15 is 0 Å². The topological polar surface area (TPSA) is 66.4 Å². The van der Waals surface area contributed by atoms with Gasteiger partial charge in [-0.05, 0) is 0 Å². The summed E-state index contributed by atoms with van der Waals surface area (Å²) in [5.41, 5.74) is 0. The minimum atomic E-state index is -8.51. The van der Waals surface area contributed by atoms with Crippen LogP contribution < -0.4 is 5.32 Å². The molecule has 29 heavy (non-hydrogen) atoms. The van der Waals surface area contributed by atoms with Crippen molar-refractivity contribution in [3.8, 4) is 0 Å². The maximum Gasteiger partial charge on any atom is 0.460 e. The highest BCUT2D eigenvalue weighted by molar-refractivity contribution is 5.87. The average Bonchev–Trinajstić information content (AvgIpc) is 2.50. The number of carboxylic acid groups (broad SMARTS) is 1. The molecule has 0 aliphatic heterocycles. The first-order chi connectivity index (χ1) is 12.3. The van der Waals surface area contributed by atoms with Gasteiger partial charge in [-0.25, -0.2) is 0 Å². The molecule has 1 amide bonds. The number of halogens is 15. The second kappa shape index (κ2) is 6.99. The number of nitrogens with one attached hydrogen (secondary N) is 1. The molecule has 0 saturated carbocycles. The predicted molar refractivity (Wildman–Crippen MR) is 56.4 cm³/mol. The Kier molecular flexibility index (Phi) is 6.48. The number of carboxylic acids is 1. The smallest absolute Gasteiger partial charge is 0.460 e. The Balaban J connectivity index is 6.42.